The predicted octanol–water partition coefficient (Wildman–Crippen LogP) is 15.4. The second kappa shape index (κ2) is 52.9. The van der Waals surface area contributed by atoms with Crippen LogP contribution in [0, 0.1) is 18.8 Å². The van der Waals surface area contributed by atoms with Gasteiger partial charge in [0.25, 0.3) is 0 Å². The molecule has 0 aromatic heterocycles. The number of nitrogens with two attached hydrogens (primary N) is 2. The lowest BCUT2D eigenvalue weighted by Crippen LogP contribution is -2.82. The van der Waals surface area contributed by atoms with Crippen molar-refractivity contribution in [2.24, 2.45) is 5.73 Å². The summed E-state index contributed by atoms with van der Waals surface area (Å²) in [4.78, 5) is 77.9. The van der Waals surface area contributed by atoms with Gasteiger partial charge in [-0.05, 0) is 220 Å². The van der Waals surface area contributed by atoms with Crippen LogP contribution in [0.15, 0.2) is 152 Å². The molecule has 3 saturated heterocycles. The monoisotopic (exact) mass is 1900 g/mol. The third kappa shape index (κ3) is 35.5. The summed E-state index contributed by atoms with van der Waals surface area (Å²) >= 11 is 4.55. The first-order valence-electron chi connectivity index (χ1n) is 38.0. The minimum Gasteiger partial charge on any atom is -0.444 e. The van der Waals surface area contributed by atoms with Crippen molar-refractivity contribution in [2.45, 2.75) is 156 Å². The lowest BCUT2D eigenvalue weighted by atomic mass is 9.80. The molecule has 117 heavy (non-hydrogen) atoms. The van der Waals surface area contributed by atoms with Crippen LogP contribution in [0.3, 0.4) is 0 Å². The second-order valence-electron chi connectivity index (χ2n) is 28.7. The number of cyclic esters (lactones) is 3. The molecule has 3 atom stereocenters. The van der Waals surface area contributed by atoms with Gasteiger partial charge in [-0.1, -0.05) is 118 Å². The number of hydrogen-bond donors (Lipinski definition) is 6. The molecule has 0 bridgehead atoms. The highest BCUT2D eigenvalue weighted by Gasteiger charge is 2.35. The Bertz CT molecular complexity index is 4170. The van der Waals surface area contributed by atoms with Crippen LogP contribution in [0.2, 0.25) is 0 Å². The number of quaternary nitrogens is 1. The summed E-state index contributed by atoms with van der Waals surface area (Å²) in [6.45, 7) is 19.5. The molecule has 10 rings (SSSR count). The van der Waals surface area contributed by atoms with E-state index < -0.39 is 69.0 Å². The molecular formula is C83H108B2Cl2F6I2N7O15+. The normalized spacial score (nSPS) is 14.5. The van der Waals surface area contributed by atoms with Gasteiger partial charge < -0.3 is 64.6 Å². The highest BCUT2D eigenvalue weighted by molar-refractivity contribution is 14.1. The van der Waals surface area contributed by atoms with Crippen LogP contribution in [0.5, 0.6) is 0 Å². The fourth-order valence-corrected chi connectivity index (χ4v) is 11.9. The third-order valence-corrected chi connectivity index (χ3v) is 20.2. The summed E-state index contributed by atoms with van der Waals surface area (Å²) in [5.41, 5.74) is 11.9. The number of carbonyl (C=O) groups excluding carboxylic acids is 6. The van der Waals surface area contributed by atoms with Gasteiger partial charge in [0.05, 0.1) is 64.3 Å². The number of alkyl halides is 4. The summed E-state index contributed by atoms with van der Waals surface area (Å²) in [6.07, 6.45) is 2.10. The maximum atomic E-state index is 14.9. The van der Waals surface area contributed by atoms with Gasteiger partial charge in [0, 0.05) is 67.7 Å². The molecular weight excluding hydrogens is 1800 g/mol. The predicted molar refractivity (Wildman–Crippen MR) is 467 cm³/mol. The first kappa shape index (κ1) is 103. The average Bonchev–Trinajstić information content (AvgIpc) is 1.81. The van der Waals surface area contributed by atoms with Crippen LogP contribution in [0.4, 0.5) is 67.4 Å². The molecule has 0 aliphatic carbocycles. The lowest BCUT2D eigenvalue weighted by molar-refractivity contribution is -0.670. The van der Waals surface area contributed by atoms with E-state index in [0.29, 0.717) is 96.3 Å². The molecule has 3 aliphatic rings. The molecule has 3 aliphatic heterocycles. The van der Waals surface area contributed by atoms with Gasteiger partial charge in [-0.15, -0.1) is 24.8 Å². The average molecular weight is 1900 g/mol. The van der Waals surface area contributed by atoms with Crippen LogP contribution in [-0.4, -0.2) is 183 Å². The smallest absolute Gasteiger partial charge is 0.444 e. The Hall–Kier alpha value is -7.93. The zero-order valence-electron chi connectivity index (χ0n) is 67.3. The van der Waals surface area contributed by atoms with Gasteiger partial charge in [-0.3, -0.25) is 37.1 Å². The molecule has 3 heterocycles. The number of ether oxygens (including phenoxy) is 5. The molecule has 0 saturated carbocycles. The van der Waals surface area contributed by atoms with E-state index in [1.807, 2.05) is 63.2 Å². The number of carbonyl (C=O) groups is 6. The van der Waals surface area contributed by atoms with E-state index >= 15 is 0 Å². The summed E-state index contributed by atoms with van der Waals surface area (Å²) in [5, 5.41) is 37.5. The van der Waals surface area contributed by atoms with Crippen LogP contribution in [0.1, 0.15) is 134 Å². The highest BCUT2D eigenvalue weighted by atomic mass is 127. The number of rotatable bonds is 28. The minimum absolute atomic E-state index is 0. The number of anilines is 3. The highest BCUT2D eigenvalue weighted by Crippen LogP contribution is 2.33. The van der Waals surface area contributed by atoms with E-state index in [1.54, 1.807) is 119 Å². The Morgan fingerprint density at radius 3 is 1.18 bits per heavy atom. The van der Waals surface area contributed by atoms with E-state index in [1.165, 1.54) is 59.6 Å². The fourth-order valence-electron chi connectivity index (χ4n) is 11.1. The Morgan fingerprint density at radius 2 is 0.872 bits per heavy atom. The molecule has 3 fully saturated rings. The van der Waals surface area contributed by atoms with Crippen LogP contribution < -0.4 is 36.7 Å². The molecule has 22 nitrogen and oxygen atoms in total. The van der Waals surface area contributed by atoms with Gasteiger partial charge in [0.2, 0.25) is 0 Å². The van der Waals surface area contributed by atoms with E-state index in [0.717, 1.165) is 57.4 Å². The molecule has 7 aromatic rings. The number of halogens is 10. The van der Waals surface area contributed by atoms with E-state index in [4.69, 9.17) is 49.5 Å². The number of benzene rings is 7. The maximum absolute atomic E-state index is 14.9. The first-order chi connectivity index (χ1) is 54.7. The molecule has 5 amide bonds. The van der Waals surface area contributed by atoms with Gasteiger partial charge in [0.1, 0.15) is 54.0 Å². The maximum Gasteiger partial charge on any atom is 0.488 e. The molecule has 0 spiro atoms. The van der Waals surface area contributed by atoms with Crippen molar-refractivity contribution in [2.75, 3.05) is 87.2 Å². The molecule has 7 aromatic carbocycles. The van der Waals surface area contributed by atoms with Gasteiger partial charge >= 0.3 is 44.7 Å². The van der Waals surface area contributed by atoms with Crippen LogP contribution in [0.25, 0.3) is 22.3 Å². The molecule has 34 heteroatoms. The van der Waals surface area contributed by atoms with E-state index in [-0.39, 0.29) is 107 Å². The Morgan fingerprint density at radius 1 is 0.521 bits per heavy atom. The lowest BCUT2D eigenvalue weighted by Gasteiger charge is -2.27. The Balaban J connectivity index is 0.000000385. The van der Waals surface area contributed by atoms with Crippen LogP contribution >= 0.6 is 70.0 Å². The van der Waals surface area contributed by atoms with Gasteiger partial charge in [-0.2, -0.15) is 0 Å². The third-order valence-electron chi connectivity index (χ3n) is 17.3. The van der Waals surface area contributed by atoms with E-state index in [2.05, 4.69) is 50.5 Å². The van der Waals surface area contributed by atoms with Crippen molar-refractivity contribution >= 4 is 149 Å². The number of aldehydes is 1. The van der Waals surface area contributed by atoms with E-state index in [9.17, 15) is 55.1 Å². The van der Waals surface area contributed by atoms with Crippen molar-refractivity contribution in [1.82, 2.24) is 9.80 Å². The van der Waals surface area contributed by atoms with Crippen LogP contribution in [-0.2, 0) is 43.3 Å². The largest absolute Gasteiger partial charge is 0.488 e. The summed E-state index contributed by atoms with van der Waals surface area (Å²) in [7, 11) is -2.99. The van der Waals surface area contributed by atoms with Crippen molar-refractivity contribution in [1.29, 1.82) is 0 Å². The summed E-state index contributed by atoms with van der Waals surface area (Å²) in [6, 6.07) is 42.9. The first-order valence-corrected chi connectivity index (χ1v) is 40.1. The fraction of sp³-hybridized carbons (Fsp3) is 0.422. The topological polar surface area (TPSA) is 288 Å². The zero-order valence-corrected chi connectivity index (χ0v) is 73.2. The zero-order chi connectivity index (χ0) is 85.0. The van der Waals surface area contributed by atoms with Gasteiger partial charge in [0.15, 0.2) is 0 Å². The second-order valence-corrected chi connectivity index (χ2v) is 31.0. The standard InChI is InChI=1S/C26H32F2N2O4.C21H24F2N2O2.C15H23BFNO4.C11H11I2NO2.C7H7BO3.C3H8FN.2ClH/c1-5-21-17-30(25(32)33-21)20-11-12-22(23(28)15-20)19-9-7-18(8-10-19)16-29(14-6-13-27)24(31)34-26(2,3)4;1-2-18-14-25(21(26)27-18)17-8-9-19(20(23)12-17)16-6-4-15(5-7-16)13-24-11-3-10-22;1-15(2,3)22-14(19)18(10-4-9-17)11-12-5-7-13(8-6-12)16(20)21;1-2-8-6-14(11(15)16-8)7-3-4-9(12)10(13)5-7;9-5-6-1-3-7(4-2-6)8(10)11;4-2-1-3-5;;/h7-12,15,21H,5-6,13-14,16-17H2,1-4H3;4-9,12,18,24H,2-3,10-11,13-14H2,1H3;5-8,20-21H,4,9-11H2,1-3H3;3-5,8H,2,6H2,1H3;1-5,10-11H;1-3,5H2;2*1H/p+1/t21-;18-;;8-;;;;/m00.0..../s1. The minimum atomic E-state index is -1.53. The Labute approximate surface area is 722 Å². The van der Waals surface area contributed by atoms with Crippen molar-refractivity contribution in [3.63, 3.8) is 0 Å². The van der Waals surface area contributed by atoms with Crippen molar-refractivity contribution in [3.05, 3.63) is 193 Å². The SMILES string of the molecule is CC(C)(C)OC(=O)N(CCCF)Cc1ccc(B(O)O)cc1.CC[C@H]1CN(c2ccc(-c3ccc(CN(CCCF)C(=O)OC(C)(C)C)cc3)c(F)c2)C(=O)O1.CC[C@H]1CN(c2ccc(-c3ccc(C[NH2+]CCCF)cc3)c(F)c2)C(=O)O1.CC[C@H]1CN(c2ccc(I)c(I)c2)C(=O)O1.Cl.Cl.NCCCF.O=Cc1ccc(B(O)O)cc1. The summed E-state index contributed by atoms with van der Waals surface area (Å²) in [5.74, 6) is -0.821. The number of hydrogen-bond acceptors (Lipinski definition) is 16. The van der Waals surface area contributed by atoms with Gasteiger partial charge in [-0.25, -0.2) is 32.8 Å². The number of amides is 5. The van der Waals surface area contributed by atoms with Crippen molar-refractivity contribution in [3.8, 4) is 22.3 Å². The molecule has 0 radical (unpaired) electrons. The number of nitrogens with zero attached hydrogens (tertiary/aromatic N) is 5. The molecule has 640 valence electrons. The van der Waals surface area contributed by atoms with Crippen molar-refractivity contribution < 1.29 is 104 Å². The quantitative estimate of drug-likeness (QED) is 0.00663. The Kier molecular flexibility index (Phi) is 46.7. The molecule has 0 unspecified atom stereocenters. The molecule has 8 N–H and O–H groups in total. The summed E-state index contributed by atoms with van der Waals surface area (Å²) < 4.78 is 107.